The lowest BCUT2D eigenvalue weighted by molar-refractivity contribution is -0.117. The van der Waals surface area contributed by atoms with Gasteiger partial charge in [0.25, 0.3) is 0 Å². The zero-order valence-corrected chi connectivity index (χ0v) is 23.0. The molecule has 200 valence electrons. The Bertz CT molecular complexity index is 1070. The zero-order chi connectivity index (χ0) is 25.7. The van der Waals surface area contributed by atoms with Gasteiger partial charge in [-0.25, -0.2) is 4.98 Å². The van der Waals surface area contributed by atoms with Gasteiger partial charge in [-0.2, -0.15) is 0 Å². The zero-order valence-electron chi connectivity index (χ0n) is 23.0. The Balaban J connectivity index is 1.21. The number of hydrogen-bond acceptors (Lipinski definition) is 2. The van der Waals surface area contributed by atoms with Crippen molar-refractivity contribution in [2.24, 2.45) is 0 Å². The number of nitrogens with zero attached hydrogens (tertiary/aromatic N) is 3. The van der Waals surface area contributed by atoms with E-state index in [0.717, 1.165) is 23.6 Å². The Labute approximate surface area is 224 Å². The molecule has 0 N–H and O–H groups in total. The van der Waals surface area contributed by atoms with E-state index in [2.05, 4.69) is 35.8 Å². The number of hydrogen-bond donors (Lipinski definition) is 0. The number of aromatic nitrogens is 2. The number of anilines is 1. The summed E-state index contributed by atoms with van der Waals surface area (Å²) >= 11 is 0. The van der Waals surface area contributed by atoms with Crippen molar-refractivity contribution in [3.63, 3.8) is 0 Å². The fourth-order valence-electron chi connectivity index (χ4n) is 5.84. The lowest BCUT2D eigenvalue weighted by Crippen LogP contribution is -2.24. The van der Waals surface area contributed by atoms with Crippen LogP contribution in [-0.2, 0) is 11.3 Å². The molecule has 4 nitrogen and oxygen atoms in total. The predicted molar refractivity (Wildman–Crippen MR) is 156 cm³/mol. The number of para-hydroxylation sites is 3. The van der Waals surface area contributed by atoms with Gasteiger partial charge >= 0.3 is 0 Å². The Kier molecular flexibility index (Phi) is 11.1. The molecule has 0 spiro atoms. The van der Waals surface area contributed by atoms with Gasteiger partial charge in [0.15, 0.2) is 0 Å². The molecule has 37 heavy (non-hydrogen) atoms. The van der Waals surface area contributed by atoms with Crippen molar-refractivity contribution in [2.45, 2.75) is 116 Å². The van der Waals surface area contributed by atoms with Crippen molar-refractivity contribution in [1.29, 1.82) is 0 Å². The number of imidazole rings is 1. The lowest BCUT2D eigenvalue weighted by Gasteiger charge is -2.17. The summed E-state index contributed by atoms with van der Waals surface area (Å²) in [5.74, 6) is 1.43. The largest absolute Gasteiger partial charge is 0.328 e. The maximum atomic E-state index is 12.9. The van der Waals surface area contributed by atoms with Crippen LogP contribution in [0.3, 0.4) is 0 Å². The van der Waals surface area contributed by atoms with E-state index >= 15 is 0 Å². The van der Waals surface area contributed by atoms with Gasteiger partial charge in [-0.15, -0.1) is 0 Å². The van der Waals surface area contributed by atoms with E-state index in [1.54, 1.807) is 0 Å². The fraction of sp³-hybridized carbons (Fsp3) is 0.576. The van der Waals surface area contributed by atoms with Crippen LogP contribution in [-0.4, -0.2) is 22.0 Å². The van der Waals surface area contributed by atoms with Crippen LogP contribution in [0.5, 0.6) is 0 Å². The van der Waals surface area contributed by atoms with E-state index in [9.17, 15) is 4.79 Å². The summed E-state index contributed by atoms with van der Waals surface area (Å²) in [6.45, 7) is 3.99. The summed E-state index contributed by atoms with van der Waals surface area (Å²) in [5, 5.41) is 0. The molecule has 3 aromatic rings. The first-order chi connectivity index (χ1) is 18.3. The third-order valence-corrected chi connectivity index (χ3v) is 7.98. The van der Waals surface area contributed by atoms with Gasteiger partial charge in [0.2, 0.25) is 5.91 Å². The molecular weight excluding hydrogens is 454 g/mol. The second kappa shape index (κ2) is 15.0. The molecule has 0 radical (unpaired) electrons. The highest BCUT2D eigenvalue weighted by molar-refractivity contribution is 5.96. The van der Waals surface area contributed by atoms with Crippen LogP contribution in [0.2, 0.25) is 0 Å². The average molecular weight is 502 g/mol. The Hall–Kier alpha value is -2.62. The average Bonchev–Trinajstić information content (AvgIpc) is 3.49. The van der Waals surface area contributed by atoms with Gasteiger partial charge < -0.3 is 9.47 Å². The lowest BCUT2D eigenvalue weighted by atomic mass is 10.0. The van der Waals surface area contributed by atoms with E-state index < -0.39 is 0 Å². The monoisotopic (exact) mass is 501 g/mol. The Morgan fingerprint density at radius 1 is 0.730 bits per heavy atom. The van der Waals surface area contributed by atoms with E-state index in [-0.39, 0.29) is 11.8 Å². The van der Waals surface area contributed by atoms with Crippen LogP contribution in [0.15, 0.2) is 54.6 Å². The summed E-state index contributed by atoms with van der Waals surface area (Å²) in [6, 6.07) is 18.5. The molecule has 1 unspecified atom stereocenters. The van der Waals surface area contributed by atoms with Gasteiger partial charge in [-0.3, -0.25) is 4.79 Å². The predicted octanol–water partition coefficient (Wildman–Crippen LogP) is 9.04. The first-order valence-corrected chi connectivity index (χ1v) is 15.1. The number of fused-ring (bicyclic) bond motifs is 1. The number of amides is 1. The van der Waals surface area contributed by atoms with E-state index in [4.69, 9.17) is 4.98 Å². The van der Waals surface area contributed by atoms with Crippen molar-refractivity contribution in [3.8, 4) is 0 Å². The topological polar surface area (TPSA) is 38.1 Å². The summed E-state index contributed by atoms with van der Waals surface area (Å²) < 4.78 is 2.41. The van der Waals surface area contributed by atoms with Crippen molar-refractivity contribution in [1.82, 2.24) is 9.55 Å². The van der Waals surface area contributed by atoms with Crippen molar-refractivity contribution < 1.29 is 4.79 Å². The smallest absolute Gasteiger partial charge is 0.227 e. The van der Waals surface area contributed by atoms with Crippen LogP contribution in [0, 0.1) is 0 Å². The minimum atomic E-state index is 0.145. The van der Waals surface area contributed by atoms with Gasteiger partial charge in [0, 0.05) is 31.1 Å². The minimum absolute atomic E-state index is 0.145. The fourth-order valence-corrected chi connectivity index (χ4v) is 5.84. The maximum absolute atomic E-state index is 12.9. The second-order valence-corrected chi connectivity index (χ2v) is 10.9. The van der Waals surface area contributed by atoms with Crippen LogP contribution in [0.4, 0.5) is 5.69 Å². The number of aryl methyl sites for hydroxylation is 1. The molecule has 2 heterocycles. The van der Waals surface area contributed by atoms with Crippen LogP contribution in [0.1, 0.15) is 115 Å². The van der Waals surface area contributed by atoms with E-state index in [1.165, 1.54) is 95.4 Å². The highest BCUT2D eigenvalue weighted by Gasteiger charge is 2.34. The summed E-state index contributed by atoms with van der Waals surface area (Å²) in [4.78, 5) is 19.8. The number of rotatable bonds is 17. The van der Waals surface area contributed by atoms with Crippen molar-refractivity contribution in [2.75, 3.05) is 11.4 Å². The van der Waals surface area contributed by atoms with Gasteiger partial charge in [0.05, 0.1) is 11.0 Å². The second-order valence-electron chi connectivity index (χ2n) is 10.9. The summed E-state index contributed by atoms with van der Waals surface area (Å²) in [6.07, 6.45) is 19.8. The van der Waals surface area contributed by atoms with Crippen molar-refractivity contribution in [3.05, 3.63) is 60.4 Å². The molecule has 1 atom stereocenters. The van der Waals surface area contributed by atoms with Crippen LogP contribution < -0.4 is 4.90 Å². The summed E-state index contributed by atoms with van der Waals surface area (Å²) in [7, 11) is 0. The number of carbonyl (C=O) groups is 1. The number of unbranched alkanes of at least 4 members (excludes halogenated alkanes) is 13. The highest BCUT2D eigenvalue weighted by atomic mass is 16.2. The van der Waals surface area contributed by atoms with Gasteiger partial charge in [-0.05, 0) is 30.7 Å². The van der Waals surface area contributed by atoms with E-state index in [1.807, 2.05) is 35.2 Å². The third-order valence-electron chi connectivity index (χ3n) is 7.98. The van der Waals surface area contributed by atoms with Crippen molar-refractivity contribution >= 4 is 22.6 Å². The molecule has 0 bridgehead atoms. The van der Waals surface area contributed by atoms with E-state index in [0.29, 0.717) is 13.0 Å². The quantitative estimate of drug-likeness (QED) is 0.173. The molecule has 1 fully saturated rings. The SMILES string of the molecule is CCCCCCCCCCCCCCCCn1c(C2CC(=O)N(c3ccccc3)C2)nc2ccccc21. The molecule has 1 amide bonds. The Morgan fingerprint density at radius 2 is 1.30 bits per heavy atom. The molecule has 1 aliphatic rings. The van der Waals surface area contributed by atoms with Gasteiger partial charge in [0.1, 0.15) is 5.82 Å². The van der Waals surface area contributed by atoms with Gasteiger partial charge in [-0.1, -0.05) is 121 Å². The minimum Gasteiger partial charge on any atom is -0.328 e. The molecule has 0 saturated carbocycles. The third kappa shape index (κ3) is 7.93. The standard InChI is InChI=1S/C33H47N3O/c1-2-3-4-5-6-7-8-9-10-11-12-13-14-20-25-35-31-24-19-18-23-30(31)34-33(35)28-26-32(37)36(27-28)29-21-16-15-17-22-29/h15-19,21-24,28H,2-14,20,25-27H2,1H3. The molecule has 1 aromatic heterocycles. The highest BCUT2D eigenvalue weighted by Crippen LogP contribution is 2.33. The maximum Gasteiger partial charge on any atom is 0.227 e. The molecule has 1 aliphatic heterocycles. The Morgan fingerprint density at radius 3 is 1.95 bits per heavy atom. The number of benzene rings is 2. The first-order valence-electron chi connectivity index (χ1n) is 15.1. The number of carbonyl (C=O) groups excluding carboxylic acids is 1. The molecule has 2 aromatic carbocycles. The normalized spacial score (nSPS) is 15.8. The molecular formula is C33H47N3O. The summed E-state index contributed by atoms with van der Waals surface area (Å²) in [5.41, 5.74) is 3.25. The molecule has 1 saturated heterocycles. The molecule has 0 aliphatic carbocycles. The van der Waals surface area contributed by atoms with Crippen LogP contribution >= 0.6 is 0 Å². The van der Waals surface area contributed by atoms with Crippen LogP contribution in [0.25, 0.3) is 11.0 Å². The molecule has 4 rings (SSSR count). The first kappa shape index (κ1) is 27.4. The molecule has 4 heteroatoms.